The topological polar surface area (TPSA) is 55.6 Å². The van der Waals surface area contributed by atoms with E-state index in [0.717, 1.165) is 25.0 Å². The zero-order valence-electron chi connectivity index (χ0n) is 12.1. The Hall–Kier alpha value is -0.260. The number of amides is 1. The molecule has 0 fully saturated rings. The Morgan fingerprint density at radius 3 is 2.44 bits per heavy atom. The van der Waals surface area contributed by atoms with E-state index in [-0.39, 0.29) is 18.0 Å². The molecule has 0 aliphatic heterocycles. The maximum atomic E-state index is 12.4. The van der Waals surface area contributed by atoms with Crippen LogP contribution in [0.25, 0.3) is 0 Å². The fourth-order valence-electron chi connectivity index (χ4n) is 1.97. The first kappa shape index (κ1) is 17.7. The predicted octanol–water partition coefficient (Wildman–Crippen LogP) is 1.73. The van der Waals surface area contributed by atoms with Crippen molar-refractivity contribution in [2.45, 2.75) is 45.2 Å². The van der Waals surface area contributed by atoms with Gasteiger partial charge in [0.05, 0.1) is 12.6 Å². The summed E-state index contributed by atoms with van der Waals surface area (Å²) >= 11 is 1.72. The molecule has 0 spiro atoms. The lowest BCUT2D eigenvalue weighted by atomic mass is 10.1. The smallest absolute Gasteiger partial charge is 0.239 e. The first-order valence-corrected chi connectivity index (χ1v) is 8.05. The van der Waals surface area contributed by atoms with E-state index in [0.29, 0.717) is 13.2 Å². The van der Waals surface area contributed by atoms with Crippen molar-refractivity contribution in [2.24, 2.45) is 5.73 Å². The molecule has 1 atom stereocenters. The van der Waals surface area contributed by atoms with Gasteiger partial charge in [-0.05, 0) is 31.3 Å². The van der Waals surface area contributed by atoms with E-state index in [1.807, 2.05) is 11.2 Å². The summed E-state index contributed by atoms with van der Waals surface area (Å²) in [6.45, 7) is 5.41. The van der Waals surface area contributed by atoms with Crippen molar-refractivity contribution in [3.63, 3.8) is 0 Å². The number of rotatable bonds is 10. The monoisotopic (exact) mass is 276 g/mol. The van der Waals surface area contributed by atoms with Gasteiger partial charge in [-0.1, -0.05) is 13.8 Å². The van der Waals surface area contributed by atoms with E-state index < -0.39 is 0 Å². The highest BCUT2D eigenvalue weighted by Crippen LogP contribution is 2.11. The van der Waals surface area contributed by atoms with Crippen LogP contribution < -0.4 is 5.73 Å². The van der Waals surface area contributed by atoms with Gasteiger partial charge in [0.25, 0.3) is 0 Å². The fraction of sp³-hybridized carbons (Fsp3) is 0.923. The van der Waals surface area contributed by atoms with Crippen molar-refractivity contribution in [3.05, 3.63) is 0 Å². The molecule has 0 unspecified atom stereocenters. The minimum absolute atomic E-state index is 0.0646. The summed E-state index contributed by atoms with van der Waals surface area (Å²) in [6.07, 6.45) is 4.69. The van der Waals surface area contributed by atoms with Gasteiger partial charge in [-0.2, -0.15) is 11.8 Å². The zero-order valence-corrected chi connectivity index (χ0v) is 13.0. The van der Waals surface area contributed by atoms with Crippen LogP contribution in [0, 0.1) is 0 Å². The number of carbonyl (C=O) groups excluding carboxylic acids is 1. The van der Waals surface area contributed by atoms with Crippen molar-refractivity contribution in [1.82, 2.24) is 4.90 Å². The first-order valence-electron chi connectivity index (χ1n) is 6.66. The van der Waals surface area contributed by atoms with Gasteiger partial charge in [-0.15, -0.1) is 0 Å². The van der Waals surface area contributed by atoms with Crippen LogP contribution in [-0.4, -0.2) is 55.2 Å². The van der Waals surface area contributed by atoms with Crippen LogP contribution in [0.1, 0.15) is 33.1 Å². The van der Waals surface area contributed by atoms with Crippen molar-refractivity contribution >= 4 is 17.7 Å². The minimum Gasteiger partial charge on any atom is -0.383 e. The number of hydrogen-bond donors (Lipinski definition) is 1. The number of nitrogens with two attached hydrogens (primary N) is 1. The predicted molar refractivity (Wildman–Crippen MR) is 78.9 cm³/mol. The van der Waals surface area contributed by atoms with Gasteiger partial charge >= 0.3 is 0 Å². The number of thioether (sulfide) groups is 1. The maximum Gasteiger partial charge on any atom is 0.239 e. The van der Waals surface area contributed by atoms with Crippen LogP contribution in [0.3, 0.4) is 0 Å². The van der Waals surface area contributed by atoms with Gasteiger partial charge in [-0.25, -0.2) is 0 Å². The van der Waals surface area contributed by atoms with Gasteiger partial charge in [0.1, 0.15) is 0 Å². The van der Waals surface area contributed by atoms with Crippen LogP contribution in [-0.2, 0) is 9.53 Å². The second kappa shape index (κ2) is 10.6. The Morgan fingerprint density at radius 2 is 2.00 bits per heavy atom. The van der Waals surface area contributed by atoms with E-state index in [2.05, 4.69) is 13.8 Å². The van der Waals surface area contributed by atoms with Gasteiger partial charge in [0.2, 0.25) is 5.91 Å². The van der Waals surface area contributed by atoms with Crippen LogP contribution in [0.15, 0.2) is 0 Å². The van der Waals surface area contributed by atoms with E-state index >= 15 is 0 Å². The molecule has 0 aliphatic rings. The molecular weight excluding hydrogens is 248 g/mol. The maximum absolute atomic E-state index is 12.4. The summed E-state index contributed by atoms with van der Waals surface area (Å²) in [5.74, 6) is 0.989. The number of hydrogen-bond acceptors (Lipinski definition) is 4. The lowest BCUT2D eigenvalue weighted by molar-refractivity contribution is -0.135. The average molecular weight is 276 g/mol. The second-order valence-electron chi connectivity index (χ2n) is 4.38. The summed E-state index contributed by atoms with van der Waals surface area (Å²) in [5, 5.41) is 0. The van der Waals surface area contributed by atoms with Crippen LogP contribution in [0.4, 0.5) is 0 Å². The fourth-order valence-corrected chi connectivity index (χ4v) is 2.46. The van der Waals surface area contributed by atoms with Crippen molar-refractivity contribution < 1.29 is 9.53 Å². The summed E-state index contributed by atoms with van der Waals surface area (Å²) in [5.41, 5.74) is 5.98. The molecule has 0 aromatic carbocycles. The van der Waals surface area contributed by atoms with E-state index in [4.69, 9.17) is 10.5 Å². The third-order valence-corrected chi connectivity index (χ3v) is 3.80. The largest absolute Gasteiger partial charge is 0.383 e. The van der Waals surface area contributed by atoms with Crippen molar-refractivity contribution in [1.29, 1.82) is 0 Å². The third kappa shape index (κ3) is 6.07. The Kier molecular flexibility index (Phi) is 10.5. The number of carbonyl (C=O) groups is 1. The lowest BCUT2D eigenvalue weighted by Crippen LogP contribution is -2.49. The van der Waals surface area contributed by atoms with Crippen molar-refractivity contribution in [2.75, 3.05) is 32.3 Å². The lowest BCUT2D eigenvalue weighted by Gasteiger charge is -2.32. The molecule has 5 heteroatoms. The third-order valence-electron chi connectivity index (χ3n) is 3.15. The highest BCUT2D eigenvalue weighted by Gasteiger charge is 2.25. The number of methoxy groups -OCH3 is 1. The number of ether oxygens (including phenoxy) is 1. The Balaban J connectivity index is 4.55. The molecule has 0 saturated heterocycles. The second-order valence-corrected chi connectivity index (χ2v) is 5.37. The molecule has 0 heterocycles. The summed E-state index contributed by atoms with van der Waals surface area (Å²) < 4.78 is 5.08. The highest BCUT2D eigenvalue weighted by molar-refractivity contribution is 7.98. The Morgan fingerprint density at radius 1 is 1.39 bits per heavy atom. The molecule has 4 nitrogen and oxygen atoms in total. The average Bonchev–Trinajstić information content (AvgIpc) is 2.40. The molecule has 18 heavy (non-hydrogen) atoms. The van der Waals surface area contributed by atoms with Crippen LogP contribution in [0.2, 0.25) is 0 Å². The molecule has 0 rings (SSSR count). The van der Waals surface area contributed by atoms with Gasteiger partial charge in [-0.3, -0.25) is 4.79 Å². The van der Waals surface area contributed by atoms with E-state index in [9.17, 15) is 4.79 Å². The van der Waals surface area contributed by atoms with Crippen LogP contribution >= 0.6 is 11.8 Å². The van der Waals surface area contributed by atoms with Crippen LogP contribution in [0.5, 0.6) is 0 Å². The Labute approximate surface area is 116 Å². The summed E-state index contributed by atoms with van der Waals surface area (Å²) in [7, 11) is 1.66. The summed E-state index contributed by atoms with van der Waals surface area (Å²) in [6, 6.07) is -0.108. The minimum atomic E-state index is -0.380. The molecule has 1 amide bonds. The van der Waals surface area contributed by atoms with E-state index in [1.54, 1.807) is 18.9 Å². The zero-order chi connectivity index (χ0) is 14.0. The SMILES string of the molecule is CCC(CC)N(CCOC)C(=O)[C@H](N)CCSC. The molecule has 108 valence electrons. The molecule has 0 aliphatic carbocycles. The van der Waals surface area contributed by atoms with Gasteiger partial charge in [0, 0.05) is 19.7 Å². The molecule has 0 bridgehead atoms. The molecule has 0 radical (unpaired) electrons. The normalized spacial score (nSPS) is 12.8. The molecule has 0 aromatic rings. The van der Waals surface area contributed by atoms with E-state index in [1.165, 1.54) is 0 Å². The standard InChI is InChI=1S/C13H28N2O2S/c1-5-11(6-2)15(8-9-17-3)13(16)12(14)7-10-18-4/h11-12H,5-10,14H2,1-4H3/t12-/m1/s1. The number of nitrogens with zero attached hydrogens (tertiary/aromatic N) is 1. The summed E-state index contributed by atoms with van der Waals surface area (Å²) in [4.78, 5) is 14.2. The molecule has 0 aromatic heterocycles. The molecular formula is C13H28N2O2S. The quantitative estimate of drug-likeness (QED) is 0.660. The van der Waals surface area contributed by atoms with Gasteiger partial charge in [0.15, 0.2) is 0 Å². The van der Waals surface area contributed by atoms with Gasteiger partial charge < -0.3 is 15.4 Å². The first-order chi connectivity index (χ1) is 8.62. The van der Waals surface area contributed by atoms with Crippen molar-refractivity contribution in [3.8, 4) is 0 Å². The highest BCUT2D eigenvalue weighted by atomic mass is 32.2. The molecule has 2 N–H and O–H groups in total. The molecule has 0 saturated carbocycles. The Bertz CT molecular complexity index is 223.